The van der Waals surface area contributed by atoms with Crippen LogP contribution in [0, 0.1) is 17.1 Å². The molecule has 0 spiro atoms. The molecule has 0 aliphatic heterocycles. The van der Waals surface area contributed by atoms with Crippen LogP contribution >= 0.6 is 0 Å². The number of hydrogen-bond donors (Lipinski definition) is 1. The van der Waals surface area contributed by atoms with E-state index < -0.39 is 0 Å². The van der Waals surface area contributed by atoms with E-state index in [-0.39, 0.29) is 11.7 Å². The Hall–Kier alpha value is -4.11. The lowest BCUT2D eigenvalue weighted by Crippen LogP contribution is -2.25. The number of amides is 1. The van der Waals surface area contributed by atoms with Gasteiger partial charge in [-0.25, -0.2) is 4.39 Å². The third-order valence-electron chi connectivity index (χ3n) is 5.40. The number of nitrogens with one attached hydrogen (secondary N) is 1. The number of nitrogens with zero attached hydrogens (tertiary/aromatic N) is 3. The lowest BCUT2D eigenvalue weighted by atomic mass is 10.1. The summed E-state index contributed by atoms with van der Waals surface area (Å²) >= 11 is 0. The standard InChI is InChI=1S/C26H23FN4O/c1-30(2)23-9-6-18(7-10-23)16-29-26(32)25-14-21-13-22(27)8-11-24(21)31(25)17-20-5-3-4-19(12-20)15-28/h3-14H,16-17H2,1-2H3,(H,29,32). The Morgan fingerprint density at radius 2 is 1.81 bits per heavy atom. The zero-order valence-electron chi connectivity index (χ0n) is 18.0. The number of aromatic nitrogens is 1. The van der Waals surface area contributed by atoms with Crippen molar-refractivity contribution in [3.8, 4) is 6.07 Å². The number of rotatable bonds is 6. The molecule has 0 aliphatic carbocycles. The number of carbonyl (C=O) groups excluding carboxylic acids is 1. The summed E-state index contributed by atoms with van der Waals surface area (Å²) in [6.07, 6.45) is 0. The highest BCUT2D eigenvalue weighted by Crippen LogP contribution is 2.23. The van der Waals surface area contributed by atoms with Crippen LogP contribution in [0.15, 0.2) is 72.8 Å². The Morgan fingerprint density at radius 1 is 1.03 bits per heavy atom. The Labute approximate surface area is 186 Å². The largest absolute Gasteiger partial charge is 0.378 e. The molecule has 4 rings (SSSR count). The van der Waals surface area contributed by atoms with Gasteiger partial charge in [-0.2, -0.15) is 5.26 Å². The van der Waals surface area contributed by atoms with Gasteiger partial charge >= 0.3 is 0 Å². The topological polar surface area (TPSA) is 61.1 Å². The van der Waals surface area contributed by atoms with Crippen LogP contribution in [0.1, 0.15) is 27.2 Å². The van der Waals surface area contributed by atoms with Crippen molar-refractivity contribution < 1.29 is 9.18 Å². The van der Waals surface area contributed by atoms with Gasteiger partial charge in [0.25, 0.3) is 5.91 Å². The van der Waals surface area contributed by atoms with E-state index in [1.165, 1.54) is 12.1 Å². The van der Waals surface area contributed by atoms with Crippen LogP contribution in [0.4, 0.5) is 10.1 Å². The van der Waals surface area contributed by atoms with Crippen LogP contribution in [-0.2, 0) is 13.1 Å². The third-order valence-corrected chi connectivity index (χ3v) is 5.40. The van der Waals surface area contributed by atoms with Gasteiger partial charge in [0, 0.05) is 43.8 Å². The molecule has 0 atom stereocenters. The molecular weight excluding hydrogens is 403 g/mol. The molecule has 0 saturated heterocycles. The summed E-state index contributed by atoms with van der Waals surface area (Å²) in [4.78, 5) is 15.1. The quantitative estimate of drug-likeness (QED) is 0.486. The van der Waals surface area contributed by atoms with E-state index in [0.29, 0.717) is 29.7 Å². The van der Waals surface area contributed by atoms with Crippen LogP contribution in [0.5, 0.6) is 0 Å². The SMILES string of the molecule is CN(C)c1ccc(CNC(=O)c2cc3cc(F)ccc3n2Cc2cccc(C#N)c2)cc1. The molecule has 1 N–H and O–H groups in total. The summed E-state index contributed by atoms with van der Waals surface area (Å²) in [5.74, 6) is -0.594. The maximum atomic E-state index is 13.8. The minimum absolute atomic E-state index is 0.241. The van der Waals surface area contributed by atoms with Gasteiger partial charge in [0.05, 0.1) is 11.6 Å². The first-order valence-electron chi connectivity index (χ1n) is 10.3. The van der Waals surface area contributed by atoms with Gasteiger partial charge in [0.15, 0.2) is 0 Å². The zero-order chi connectivity index (χ0) is 22.7. The fourth-order valence-corrected chi connectivity index (χ4v) is 3.71. The van der Waals surface area contributed by atoms with Gasteiger partial charge in [-0.05, 0) is 59.7 Å². The van der Waals surface area contributed by atoms with E-state index in [0.717, 1.165) is 22.3 Å². The smallest absolute Gasteiger partial charge is 0.268 e. The number of fused-ring (bicyclic) bond motifs is 1. The number of anilines is 1. The minimum Gasteiger partial charge on any atom is -0.378 e. The first-order chi connectivity index (χ1) is 15.4. The van der Waals surface area contributed by atoms with E-state index in [9.17, 15) is 14.4 Å². The molecule has 6 heteroatoms. The normalized spacial score (nSPS) is 10.7. The Balaban J connectivity index is 1.62. The average Bonchev–Trinajstić information content (AvgIpc) is 3.15. The predicted octanol–water partition coefficient (Wildman–Crippen LogP) is 4.70. The first-order valence-corrected chi connectivity index (χ1v) is 10.3. The molecule has 1 aromatic heterocycles. The number of halogens is 1. The van der Waals surface area contributed by atoms with E-state index in [4.69, 9.17) is 0 Å². The average molecular weight is 426 g/mol. The molecule has 1 heterocycles. The molecule has 160 valence electrons. The van der Waals surface area contributed by atoms with Crippen molar-refractivity contribution >= 4 is 22.5 Å². The van der Waals surface area contributed by atoms with E-state index in [1.54, 1.807) is 24.3 Å². The van der Waals surface area contributed by atoms with Gasteiger partial charge < -0.3 is 14.8 Å². The number of nitriles is 1. The van der Waals surface area contributed by atoms with Crippen LogP contribution in [0.2, 0.25) is 0 Å². The van der Waals surface area contributed by atoms with Crippen molar-refractivity contribution in [2.24, 2.45) is 0 Å². The molecule has 5 nitrogen and oxygen atoms in total. The maximum absolute atomic E-state index is 13.8. The van der Waals surface area contributed by atoms with Gasteiger partial charge in [0.2, 0.25) is 0 Å². The van der Waals surface area contributed by atoms with Crippen LogP contribution < -0.4 is 10.2 Å². The summed E-state index contributed by atoms with van der Waals surface area (Å²) < 4.78 is 15.7. The molecule has 32 heavy (non-hydrogen) atoms. The van der Waals surface area contributed by atoms with Crippen LogP contribution in [0.25, 0.3) is 10.9 Å². The molecule has 3 aromatic carbocycles. The summed E-state index contributed by atoms with van der Waals surface area (Å²) in [6.45, 7) is 0.775. The van der Waals surface area contributed by atoms with Gasteiger partial charge in [-0.15, -0.1) is 0 Å². The fourth-order valence-electron chi connectivity index (χ4n) is 3.71. The highest BCUT2D eigenvalue weighted by Gasteiger charge is 2.16. The van der Waals surface area contributed by atoms with Crippen molar-refractivity contribution in [1.82, 2.24) is 9.88 Å². The molecule has 0 bridgehead atoms. The lowest BCUT2D eigenvalue weighted by Gasteiger charge is -2.14. The van der Waals surface area contributed by atoms with Crippen molar-refractivity contribution in [3.05, 3.63) is 101 Å². The summed E-state index contributed by atoms with van der Waals surface area (Å²) in [5, 5.41) is 12.8. The summed E-state index contributed by atoms with van der Waals surface area (Å²) in [7, 11) is 3.95. The van der Waals surface area contributed by atoms with Crippen molar-refractivity contribution in [3.63, 3.8) is 0 Å². The van der Waals surface area contributed by atoms with Gasteiger partial charge in [-0.1, -0.05) is 24.3 Å². The van der Waals surface area contributed by atoms with Crippen molar-refractivity contribution in [1.29, 1.82) is 5.26 Å². The van der Waals surface area contributed by atoms with E-state index in [2.05, 4.69) is 11.4 Å². The molecule has 1 amide bonds. The van der Waals surface area contributed by atoms with E-state index in [1.807, 2.05) is 60.0 Å². The first kappa shape index (κ1) is 21.1. The Bertz CT molecular complexity index is 1320. The molecule has 4 aromatic rings. The Kier molecular flexibility index (Phi) is 5.91. The third kappa shape index (κ3) is 4.47. The van der Waals surface area contributed by atoms with Crippen LogP contribution in [-0.4, -0.2) is 24.6 Å². The highest BCUT2D eigenvalue weighted by atomic mass is 19.1. The van der Waals surface area contributed by atoms with E-state index >= 15 is 0 Å². The highest BCUT2D eigenvalue weighted by molar-refractivity contribution is 5.98. The second kappa shape index (κ2) is 8.94. The fraction of sp³-hybridized carbons (Fsp3) is 0.154. The second-order valence-corrected chi connectivity index (χ2v) is 7.87. The molecule has 0 radical (unpaired) electrons. The summed E-state index contributed by atoms with van der Waals surface area (Å²) in [6, 6.07) is 23.6. The number of carbonyl (C=O) groups is 1. The summed E-state index contributed by atoms with van der Waals surface area (Å²) in [5.41, 5.74) is 4.71. The monoisotopic (exact) mass is 426 g/mol. The number of hydrogen-bond acceptors (Lipinski definition) is 3. The molecule has 0 aliphatic rings. The molecule has 0 saturated carbocycles. The predicted molar refractivity (Wildman–Crippen MR) is 124 cm³/mol. The zero-order valence-corrected chi connectivity index (χ0v) is 18.0. The van der Waals surface area contributed by atoms with Crippen molar-refractivity contribution in [2.45, 2.75) is 13.1 Å². The van der Waals surface area contributed by atoms with Crippen molar-refractivity contribution in [2.75, 3.05) is 19.0 Å². The maximum Gasteiger partial charge on any atom is 0.268 e. The molecule has 0 fully saturated rings. The second-order valence-electron chi connectivity index (χ2n) is 7.87. The van der Waals surface area contributed by atoms with Gasteiger partial charge in [0.1, 0.15) is 11.5 Å². The minimum atomic E-state index is -0.353. The van der Waals surface area contributed by atoms with Gasteiger partial charge in [-0.3, -0.25) is 4.79 Å². The number of benzene rings is 3. The lowest BCUT2D eigenvalue weighted by molar-refractivity contribution is 0.0942. The molecule has 0 unspecified atom stereocenters. The molecular formula is C26H23FN4O. The Morgan fingerprint density at radius 3 is 2.53 bits per heavy atom. The van der Waals surface area contributed by atoms with Crippen LogP contribution in [0.3, 0.4) is 0 Å².